The topological polar surface area (TPSA) is 0 Å². The van der Waals surface area contributed by atoms with Gasteiger partial charge in [-0.05, 0) is 42.9 Å². The van der Waals surface area contributed by atoms with E-state index in [1.165, 1.54) is 44.9 Å². The minimum Gasteiger partial charge on any atom is -1.00 e. The van der Waals surface area contributed by atoms with Crippen LogP contribution in [-0.2, 0) is 26.2 Å². The Morgan fingerprint density at radius 2 is 1.81 bits per heavy atom. The average molecular weight is 485 g/mol. The van der Waals surface area contributed by atoms with Gasteiger partial charge in [0.05, 0.1) is 0 Å². The summed E-state index contributed by atoms with van der Waals surface area (Å²) in [6.07, 6.45) is 26.0. The summed E-state index contributed by atoms with van der Waals surface area (Å²) in [6, 6.07) is 0. The van der Waals surface area contributed by atoms with E-state index in [2.05, 4.69) is 45.1 Å². The predicted molar refractivity (Wildman–Crippen MR) is 103 cm³/mol. The van der Waals surface area contributed by atoms with E-state index in [1.54, 1.807) is 11.1 Å². The molecular formula is C24H34Cl2Zr. The molecule has 148 valence electrons. The number of hydrogen-bond donors (Lipinski definition) is 0. The second-order valence-electron chi connectivity index (χ2n) is 8.54. The molecule has 0 nitrogen and oxygen atoms in total. The van der Waals surface area contributed by atoms with Crippen LogP contribution in [0.3, 0.4) is 0 Å². The molecule has 0 heterocycles. The summed E-state index contributed by atoms with van der Waals surface area (Å²) >= 11 is 0. The number of halogens is 2. The van der Waals surface area contributed by atoms with Crippen LogP contribution in [0.4, 0.5) is 0 Å². The summed E-state index contributed by atoms with van der Waals surface area (Å²) in [6.45, 7) is 7.32. The number of rotatable bonds is 2. The van der Waals surface area contributed by atoms with Crippen LogP contribution in [0.25, 0.3) is 0 Å². The van der Waals surface area contributed by atoms with Gasteiger partial charge in [-0.2, -0.15) is 17.2 Å². The van der Waals surface area contributed by atoms with Crippen molar-refractivity contribution in [3.8, 4) is 0 Å². The zero-order chi connectivity index (χ0) is 16.9. The molecule has 27 heavy (non-hydrogen) atoms. The van der Waals surface area contributed by atoms with E-state index in [9.17, 15) is 0 Å². The summed E-state index contributed by atoms with van der Waals surface area (Å²) in [5.41, 5.74) is 3.45. The molecule has 3 heteroatoms. The molecule has 0 aliphatic heterocycles. The van der Waals surface area contributed by atoms with Crippen molar-refractivity contribution in [2.75, 3.05) is 0 Å². The van der Waals surface area contributed by atoms with Gasteiger partial charge in [-0.25, -0.2) is 18.2 Å². The van der Waals surface area contributed by atoms with Crippen LogP contribution < -0.4 is 24.8 Å². The van der Waals surface area contributed by atoms with Crippen molar-refractivity contribution in [3.05, 3.63) is 47.6 Å². The van der Waals surface area contributed by atoms with Gasteiger partial charge in [-0.3, -0.25) is 12.2 Å². The van der Waals surface area contributed by atoms with Crippen LogP contribution in [0.1, 0.15) is 72.1 Å². The molecule has 4 rings (SSSR count). The van der Waals surface area contributed by atoms with Crippen LogP contribution in [0, 0.1) is 41.7 Å². The molecule has 4 aliphatic carbocycles. The second kappa shape index (κ2) is 13.6. The van der Waals surface area contributed by atoms with E-state index in [0.717, 1.165) is 30.1 Å². The molecule has 0 N–H and O–H groups in total. The Morgan fingerprint density at radius 1 is 1.07 bits per heavy atom. The molecule has 0 aromatic rings. The van der Waals surface area contributed by atoms with E-state index in [0.29, 0.717) is 5.92 Å². The number of hydrogen-bond acceptors (Lipinski definition) is 0. The summed E-state index contributed by atoms with van der Waals surface area (Å²) in [5.74, 6) is 4.26. The largest absolute Gasteiger partial charge is 4.00 e. The van der Waals surface area contributed by atoms with Gasteiger partial charge >= 0.3 is 26.2 Å². The van der Waals surface area contributed by atoms with E-state index in [-0.39, 0.29) is 51.0 Å². The molecule has 0 saturated heterocycles. The molecular weight excluding hydrogens is 450 g/mol. The Kier molecular flexibility index (Phi) is 13.8. The zero-order valence-electron chi connectivity index (χ0n) is 17.1. The van der Waals surface area contributed by atoms with Crippen molar-refractivity contribution < 1.29 is 51.0 Å². The van der Waals surface area contributed by atoms with Gasteiger partial charge in [0.15, 0.2) is 0 Å². The van der Waals surface area contributed by atoms with E-state index < -0.39 is 0 Å². The second-order valence-corrected chi connectivity index (χ2v) is 8.54. The monoisotopic (exact) mass is 482 g/mol. The minimum atomic E-state index is 0. The molecule has 0 amide bonds. The van der Waals surface area contributed by atoms with Crippen molar-refractivity contribution in [2.24, 2.45) is 29.6 Å². The van der Waals surface area contributed by atoms with Gasteiger partial charge in [0.2, 0.25) is 0 Å². The third-order valence-electron chi connectivity index (χ3n) is 6.45. The third kappa shape index (κ3) is 7.31. The molecule has 0 spiro atoms. The zero-order valence-corrected chi connectivity index (χ0v) is 21.1. The summed E-state index contributed by atoms with van der Waals surface area (Å²) in [4.78, 5) is 0. The van der Waals surface area contributed by atoms with E-state index >= 15 is 0 Å². The van der Waals surface area contributed by atoms with Gasteiger partial charge in [0.25, 0.3) is 0 Å². The molecule has 1 saturated carbocycles. The fourth-order valence-electron chi connectivity index (χ4n) is 5.14. The first kappa shape index (κ1) is 27.4. The smallest absolute Gasteiger partial charge is 1.00 e. The van der Waals surface area contributed by atoms with Gasteiger partial charge in [0.1, 0.15) is 0 Å². The maximum atomic E-state index is 3.77. The maximum absolute atomic E-state index is 3.77. The molecule has 1 fully saturated rings. The summed E-state index contributed by atoms with van der Waals surface area (Å²) in [5, 5.41) is 0. The maximum Gasteiger partial charge on any atom is 4.00 e. The van der Waals surface area contributed by atoms with E-state index in [4.69, 9.17) is 0 Å². The molecule has 1 unspecified atom stereocenters. The summed E-state index contributed by atoms with van der Waals surface area (Å²) < 4.78 is 0. The first-order valence-corrected chi connectivity index (χ1v) is 10.2. The Morgan fingerprint density at radius 3 is 2.41 bits per heavy atom. The van der Waals surface area contributed by atoms with Gasteiger partial charge in [-0.15, -0.1) is 6.42 Å². The molecule has 0 aromatic heterocycles. The fraction of sp³-hybridized carbons (Fsp3) is 0.667. The van der Waals surface area contributed by atoms with E-state index in [1.807, 2.05) is 12.2 Å². The van der Waals surface area contributed by atoms with Crippen LogP contribution in [-0.4, -0.2) is 0 Å². The van der Waals surface area contributed by atoms with Crippen molar-refractivity contribution in [2.45, 2.75) is 72.1 Å². The molecule has 0 radical (unpaired) electrons. The van der Waals surface area contributed by atoms with Crippen LogP contribution in [0.2, 0.25) is 0 Å². The molecule has 4 atom stereocenters. The van der Waals surface area contributed by atoms with Gasteiger partial charge < -0.3 is 24.8 Å². The average Bonchev–Trinajstić information content (AvgIpc) is 3.27. The Labute approximate surface area is 199 Å². The van der Waals surface area contributed by atoms with Crippen LogP contribution in [0.5, 0.6) is 0 Å². The van der Waals surface area contributed by atoms with Gasteiger partial charge in [0, 0.05) is 0 Å². The molecule has 4 aliphatic rings. The normalized spacial score (nSPS) is 30.7. The Balaban J connectivity index is 0.000000742. The first-order valence-electron chi connectivity index (χ1n) is 10.2. The van der Waals surface area contributed by atoms with Crippen molar-refractivity contribution in [1.29, 1.82) is 0 Å². The van der Waals surface area contributed by atoms with Crippen LogP contribution >= 0.6 is 0 Å². The SMILES string of the molecule is CC(C)[C@H]1CC[C@H](C)C[C@H]1C1[C-]=CC2=C1CCCC2.[C-]1=CC=CC1.[Cl-].[Cl-].[Zr+4]. The standard InChI is InChI=1S/C19H29.C5H5.2ClH.Zr/c1-13(2)16-10-8-14(3)12-19(16)18-11-9-15-6-4-5-7-17(15)18;1-2-4-5-3-1;;;/h9,13-14,16,18-19H,4-8,10,12H2,1-3H3;1-3H,4H2;2*1H;/q2*-1;;;+4/p-2/t14-,16+,18?,19+;;;;/m0..../s1. The van der Waals surface area contributed by atoms with Crippen LogP contribution in [0.15, 0.2) is 35.5 Å². The molecule has 0 bridgehead atoms. The number of allylic oxidation sites excluding steroid dienone is 8. The Bertz CT molecular complexity index is 535. The first-order chi connectivity index (χ1) is 11.7. The Hall–Kier alpha value is 0.423. The third-order valence-corrected chi connectivity index (χ3v) is 6.45. The molecule has 0 aromatic carbocycles. The quantitative estimate of drug-likeness (QED) is 0.511. The van der Waals surface area contributed by atoms with Crippen molar-refractivity contribution in [3.63, 3.8) is 0 Å². The summed E-state index contributed by atoms with van der Waals surface area (Å²) in [7, 11) is 0. The fourth-order valence-corrected chi connectivity index (χ4v) is 5.14. The van der Waals surface area contributed by atoms with Crippen molar-refractivity contribution in [1.82, 2.24) is 0 Å². The van der Waals surface area contributed by atoms with Crippen molar-refractivity contribution >= 4 is 0 Å². The predicted octanol–water partition coefficient (Wildman–Crippen LogP) is 0.866. The minimum absolute atomic E-state index is 0. The van der Waals surface area contributed by atoms with Gasteiger partial charge in [-0.1, -0.05) is 52.4 Å².